The van der Waals surface area contributed by atoms with E-state index in [2.05, 4.69) is 36.6 Å². The molecule has 7 atom stereocenters. The van der Waals surface area contributed by atoms with E-state index in [0.717, 1.165) is 57.9 Å². The van der Waals surface area contributed by atoms with Crippen molar-refractivity contribution in [3.05, 3.63) is 12.2 Å². The average Bonchev–Trinajstić information content (AvgIpc) is 3.08. The van der Waals surface area contributed by atoms with Gasteiger partial charge in [0.25, 0.3) is 0 Å². The third-order valence-corrected chi connectivity index (χ3v) is 9.27. The summed E-state index contributed by atoms with van der Waals surface area (Å²) >= 11 is 0. The summed E-state index contributed by atoms with van der Waals surface area (Å²) in [5.41, 5.74) is 0.165. The van der Waals surface area contributed by atoms with Gasteiger partial charge < -0.3 is 10.6 Å². The van der Waals surface area contributed by atoms with Crippen LogP contribution in [-0.4, -0.2) is 24.4 Å². The van der Waals surface area contributed by atoms with Crippen LogP contribution >= 0.6 is 0 Å². The molecule has 5 nitrogen and oxygen atoms in total. The van der Waals surface area contributed by atoms with Gasteiger partial charge in [0, 0.05) is 30.3 Å². The zero-order chi connectivity index (χ0) is 21.4. The maximum Gasteiger partial charge on any atom is 0.243 e. The lowest BCUT2D eigenvalue weighted by atomic mass is 9.48. The second-order valence-corrected chi connectivity index (χ2v) is 10.6. The number of unbranched alkanes of at least 4 members (excludes halogenated alkanes) is 3. The predicted octanol–water partition coefficient (Wildman–Crippen LogP) is 4.10. The molecule has 5 heteroatoms. The van der Waals surface area contributed by atoms with Gasteiger partial charge in [-0.15, -0.1) is 0 Å². The number of nitrogens with one attached hydrogen (secondary N) is 2. The van der Waals surface area contributed by atoms with E-state index in [1.54, 1.807) is 6.08 Å². The monoisotopic (exact) mass is 411 g/mol. The smallest absolute Gasteiger partial charge is 0.243 e. The number of nitriles is 1. The molecule has 1 aliphatic heterocycles. The van der Waals surface area contributed by atoms with Crippen LogP contribution < -0.4 is 10.6 Å². The minimum Gasteiger partial charge on any atom is -0.356 e. The average molecular weight is 412 g/mol. The van der Waals surface area contributed by atoms with E-state index in [4.69, 9.17) is 5.26 Å². The highest BCUT2D eigenvalue weighted by molar-refractivity contribution is 5.89. The molecule has 3 saturated carbocycles. The molecule has 0 spiro atoms. The van der Waals surface area contributed by atoms with Crippen molar-refractivity contribution in [2.45, 2.75) is 84.1 Å². The maximum atomic E-state index is 13.1. The van der Waals surface area contributed by atoms with E-state index in [-0.39, 0.29) is 34.6 Å². The SMILES string of the molecule is C[C@]12C=CC(=O)NC1CC[C@@H]1[C@H]2CC[C@]2(C)C(C(=O)NCCCCCC#N)CC[C@@H]12. The van der Waals surface area contributed by atoms with Gasteiger partial charge in [0.15, 0.2) is 0 Å². The fourth-order valence-electron chi connectivity index (χ4n) is 7.60. The van der Waals surface area contributed by atoms with Crippen LogP contribution in [0.5, 0.6) is 0 Å². The molecule has 0 aromatic carbocycles. The lowest BCUT2D eigenvalue weighted by Gasteiger charge is -2.58. The first-order chi connectivity index (χ1) is 14.4. The third kappa shape index (κ3) is 3.57. The van der Waals surface area contributed by atoms with Crippen LogP contribution in [0, 0.1) is 45.8 Å². The molecule has 0 aromatic rings. The van der Waals surface area contributed by atoms with Gasteiger partial charge in [-0.25, -0.2) is 0 Å². The lowest BCUT2D eigenvalue weighted by Crippen LogP contribution is -2.59. The van der Waals surface area contributed by atoms with Crippen molar-refractivity contribution in [1.82, 2.24) is 10.6 Å². The molecule has 3 fully saturated rings. The van der Waals surface area contributed by atoms with Gasteiger partial charge in [0.1, 0.15) is 0 Å². The van der Waals surface area contributed by atoms with Crippen LogP contribution in [0.3, 0.4) is 0 Å². The summed E-state index contributed by atoms with van der Waals surface area (Å²) in [6.07, 6.45) is 14.1. The zero-order valence-corrected chi connectivity index (χ0v) is 18.6. The molecule has 164 valence electrons. The molecular formula is C25H37N3O2. The highest BCUT2D eigenvalue weighted by atomic mass is 16.2. The number of nitrogens with zero attached hydrogens (tertiary/aromatic N) is 1. The Morgan fingerprint density at radius 1 is 1.17 bits per heavy atom. The molecular weight excluding hydrogens is 374 g/mol. The Labute approximate surface area is 181 Å². The molecule has 4 rings (SSSR count). The van der Waals surface area contributed by atoms with Crippen molar-refractivity contribution in [1.29, 1.82) is 5.26 Å². The van der Waals surface area contributed by atoms with Crippen LogP contribution in [0.15, 0.2) is 12.2 Å². The normalized spacial score (nSPS) is 41.8. The molecule has 0 aromatic heterocycles. The van der Waals surface area contributed by atoms with Crippen LogP contribution in [0.1, 0.15) is 78.1 Å². The molecule has 0 saturated heterocycles. The van der Waals surface area contributed by atoms with E-state index in [9.17, 15) is 9.59 Å². The van der Waals surface area contributed by atoms with Gasteiger partial charge >= 0.3 is 0 Å². The topological polar surface area (TPSA) is 82.0 Å². The van der Waals surface area contributed by atoms with Gasteiger partial charge in [-0.1, -0.05) is 26.3 Å². The molecule has 4 aliphatic rings. The van der Waals surface area contributed by atoms with Crippen LogP contribution in [-0.2, 0) is 9.59 Å². The van der Waals surface area contributed by atoms with Gasteiger partial charge in [0.2, 0.25) is 11.8 Å². The van der Waals surface area contributed by atoms with Crippen molar-refractivity contribution in [2.24, 2.45) is 34.5 Å². The van der Waals surface area contributed by atoms with Crippen molar-refractivity contribution >= 4 is 11.8 Å². The fourth-order valence-corrected chi connectivity index (χ4v) is 7.60. The quantitative estimate of drug-likeness (QED) is 0.646. The molecule has 0 bridgehead atoms. The van der Waals surface area contributed by atoms with Crippen molar-refractivity contribution in [3.63, 3.8) is 0 Å². The second kappa shape index (κ2) is 8.36. The largest absolute Gasteiger partial charge is 0.356 e. The Morgan fingerprint density at radius 2 is 2.00 bits per heavy atom. The van der Waals surface area contributed by atoms with Gasteiger partial charge in [-0.2, -0.15) is 5.26 Å². The first-order valence-electron chi connectivity index (χ1n) is 12.0. The maximum absolute atomic E-state index is 13.1. The molecule has 2 unspecified atom stereocenters. The predicted molar refractivity (Wildman–Crippen MR) is 116 cm³/mol. The third-order valence-electron chi connectivity index (χ3n) is 9.27. The summed E-state index contributed by atoms with van der Waals surface area (Å²) in [6.45, 7) is 5.46. The van der Waals surface area contributed by atoms with Crippen LogP contribution in [0.4, 0.5) is 0 Å². The standard InChI is InChI=1S/C25H37N3O2/c1-24-13-11-19-17(7-10-21-25(19,2)14-12-22(29)28-21)18(24)8-9-20(24)23(30)27-16-6-4-3-5-15-26/h12,14,17-21H,3-11,13,16H2,1-2H3,(H,27,30)(H,28,29)/t17-,18-,19+,20?,21?,24-,25+/m0/s1. The van der Waals surface area contributed by atoms with E-state index < -0.39 is 0 Å². The number of hydrogen-bond donors (Lipinski definition) is 2. The lowest BCUT2D eigenvalue weighted by molar-refractivity contribution is -0.134. The Balaban J connectivity index is 1.40. The second-order valence-electron chi connectivity index (χ2n) is 10.6. The number of rotatable bonds is 6. The summed E-state index contributed by atoms with van der Waals surface area (Å²) in [6, 6.07) is 2.45. The van der Waals surface area contributed by atoms with Crippen molar-refractivity contribution in [2.75, 3.05) is 6.54 Å². The number of hydrogen-bond acceptors (Lipinski definition) is 3. The zero-order valence-electron chi connectivity index (χ0n) is 18.6. The fraction of sp³-hybridized carbons (Fsp3) is 0.800. The highest BCUT2D eigenvalue weighted by Gasteiger charge is 2.60. The highest BCUT2D eigenvalue weighted by Crippen LogP contribution is 2.64. The Morgan fingerprint density at radius 3 is 2.80 bits per heavy atom. The van der Waals surface area contributed by atoms with E-state index in [1.165, 1.54) is 6.42 Å². The molecule has 3 aliphatic carbocycles. The van der Waals surface area contributed by atoms with Crippen molar-refractivity contribution in [3.8, 4) is 6.07 Å². The van der Waals surface area contributed by atoms with Crippen LogP contribution in [0.25, 0.3) is 0 Å². The van der Waals surface area contributed by atoms with E-state index in [0.29, 0.717) is 24.2 Å². The number of amides is 2. The van der Waals surface area contributed by atoms with Gasteiger partial charge in [-0.3, -0.25) is 9.59 Å². The first kappa shape index (κ1) is 21.4. The summed E-state index contributed by atoms with van der Waals surface area (Å²) in [5.74, 6) is 2.33. The summed E-state index contributed by atoms with van der Waals surface area (Å²) in [5, 5.41) is 15.1. The Bertz CT molecular complexity index is 756. The summed E-state index contributed by atoms with van der Waals surface area (Å²) in [7, 11) is 0. The van der Waals surface area contributed by atoms with E-state index >= 15 is 0 Å². The molecule has 1 heterocycles. The van der Waals surface area contributed by atoms with Gasteiger partial charge in [0.05, 0.1) is 6.07 Å². The molecule has 30 heavy (non-hydrogen) atoms. The Hall–Kier alpha value is -1.83. The first-order valence-corrected chi connectivity index (χ1v) is 12.0. The summed E-state index contributed by atoms with van der Waals surface area (Å²) in [4.78, 5) is 24.9. The van der Waals surface area contributed by atoms with Gasteiger partial charge in [-0.05, 0) is 80.6 Å². The number of carbonyl (C=O) groups excluding carboxylic acids is 2. The minimum absolute atomic E-state index is 0.0572. The number of carbonyl (C=O) groups is 2. The molecule has 2 N–H and O–H groups in total. The minimum atomic E-state index is 0.0572. The van der Waals surface area contributed by atoms with E-state index in [1.807, 2.05) is 0 Å². The van der Waals surface area contributed by atoms with Crippen molar-refractivity contribution < 1.29 is 9.59 Å². The Kier molecular flexibility index (Phi) is 5.97. The molecule has 0 radical (unpaired) electrons. The van der Waals surface area contributed by atoms with Crippen LogP contribution in [0.2, 0.25) is 0 Å². The number of fused-ring (bicyclic) bond motifs is 5. The summed E-state index contributed by atoms with van der Waals surface area (Å²) < 4.78 is 0. The molecule has 2 amide bonds.